The van der Waals surface area contributed by atoms with Gasteiger partial charge in [-0.3, -0.25) is 0 Å². The molecule has 0 bridgehead atoms. The van der Waals surface area contributed by atoms with Crippen molar-refractivity contribution in [2.45, 2.75) is 12.8 Å². The Labute approximate surface area is 73.3 Å². The Hall–Kier alpha value is 0.520. The first kappa shape index (κ1) is 10.5. The van der Waals surface area contributed by atoms with E-state index in [4.69, 9.17) is 5.73 Å². The molecule has 0 heterocycles. The van der Waals surface area contributed by atoms with Gasteiger partial charge in [0, 0.05) is 0 Å². The lowest BCUT2D eigenvalue weighted by Gasteiger charge is -2.00. The summed E-state index contributed by atoms with van der Waals surface area (Å²) in [5.41, 5.74) is 5.32. The van der Waals surface area contributed by atoms with Gasteiger partial charge in [-0.15, -0.1) is 20.7 Å². The summed E-state index contributed by atoms with van der Waals surface area (Å²) < 4.78 is 5.22. The number of halogens is 1. The molecule has 0 radical (unpaired) electrons. The zero-order chi connectivity index (χ0) is 7.66. The molecule has 0 saturated carbocycles. The summed E-state index contributed by atoms with van der Waals surface area (Å²) in [6.45, 7) is 3.02. The molecule has 0 aliphatic heterocycles. The van der Waals surface area contributed by atoms with Gasteiger partial charge in [0.25, 0.3) is 0 Å². The molecule has 62 valence electrons. The van der Waals surface area contributed by atoms with Crippen LogP contribution >= 0.6 is 20.7 Å². The molecule has 0 aromatic rings. The summed E-state index contributed by atoms with van der Waals surface area (Å²) in [6, 6.07) is 0. The predicted molar refractivity (Wildman–Crippen MR) is 57.2 cm³/mol. The minimum absolute atomic E-state index is 0.267. The standard InChI is InChI=1S/C7H17IN2/c1-8-4-2-6-10-7-3-5-9/h10H,1-7,9H2. The first-order valence-corrected chi connectivity index (χ1v) is 6.70. The molecule has 0 aromatic heterocycles. The molecule has 3 N–H and O–H groups in total. The van der Waals surface area contributed by atoms with Crippen LogP contribution in [-0.2, 0) is 0 Å². The maximum atomic E-state index is 5.32. The van der Waals surface area contributed by atoms with Crippen LogP contribution in [0.15, 0.2) is 0 Å². The van der Waals surface area contributed by atoms with Crippen LogP contribution in [0.3, 0.4) is 0 Å². The number of nitrogens with one attached hydrogen (secondary N) is 1. The van der Waals surface area contributed by atoms with Crippen molar-refractivity contribution in [3.63, 3.8) is 0 Å². The van der Waals surface area contributed by atoms with E-state index in [0.717, 1.165) is 26.1 Å². The third kappa shape index (κ3) is 8.52. The maximum absolute atomic E-state index is 5.32. The van der Waals surface area contributed by atoms with E-state index >= 15 is 0 Å². The lowest BCUT2D eigenvalue weighted by Crippen LogP contribution is -2.19. The SMILES string of the molecule is C=ICCCNCCCN. The van der Waals surface area contributed by atoms with Crippen LogP contribution in [0.5, 0.6) is 0 Å². The average molecular weight is 256 g/mol. The second-order valence-corrected chi connectivity index (χ2v) is 4.28. The molecule has 0 unspecified atom stereocenters. The van der Waals surface area contributed by atoms with Crippen molar-refractivity contribution < 1.29 is 0 Å². The van der Waals surface area contributed by atoms with Gasteiger partial charge in [0.2, 0.25) is 0 Å². The van der Waals surface area contributed by atoms with Gasteiger partial charge < -0.3 is 11.1 Å². The van der Waals surface area contributed by atoms with E-state index in [9.17, 15) is 0 Å². The highest BCUT2D eigenvalue weighted by molar-refractivity contribution is 14.2. The van der Waals surface area contributed by atoms with E-state index in [1.54, 1.807) is 0 Å². The Balaban J connectivity index is 2.70. The second kappa shape index (κ2) is 9.52. The number of hydrogen-bond donors (Lipinski definition) is 2. The molecular weight excluding hydrogens is 239 g/mol. The molecular formula is C7H17IN2. The van der Waals surface area contributed by atoms with Crippen molar-refractivity contribution in [2.24, 2.45) is 5.73 Å². The summed E-state index contributed by atoms with van der Waals surface area (Å²) in [7, 11) is 0. The lowest BCUT2D eigenvalue weighted by molar-refractivity contribution is 0.649. The van der Waals surface area contributed by atoms with Gasteiger partial charge in [-0.25, -0.2) is 0 Å². The third-order valence-corrected chi connectivity index (χ3v) is 2.70. The maximum Gasteiger partial charge on any atom is -0.00369 e. The Bertz CT molecular complexity index is 76.0. The number of alkyl halides is 1. The second-order valence-electron chi connectivity index (χ2n) is 2.12. The van der Waals surface area contributed by atoms with Crippen LogP contribution in [0.1, 0.15) is 12.8 Å². The average Bonchev–Trinajstić information content (AvgIpc) is 1.97. The minimum Gasteiger partial charge on any atom is -0.330 e. The van der Waals surface area contributed by atoms with Gasteiger partial charge >= 0.3 is 0 Å². The number of nitrogens with two attached hydrogens (primary N) is 1. The van der Waals surface area contributed by atoms with Crippen LogP contribution in [0.2, 0.25) is 0 Å². The highest BCUT2D eigenvalue weighted by Crippen LogP contribution is 1.92. The summed E-state index contributed by atoms with van der Waals surface area (Å²) in [5, 5.41) is 3.33. The van der Waals surface area contributed by atoms with Gasteiger partial charge in [0.05, 0.1) is 0 Å². The van der Waals surface area contributed by atoms with Crippen molar-refractivity contribution in [1.29, 1.82) is 0 Å². The van der Waals surface area contributed by atoms with E-state index in [2.05, 4.69) is 9.83 Å². The lowest BCUT2D eigenvalue weighted by atomic mass is 10.4. The van der Waals surface area contributed by atoms with Gasteiger partial charge in [0.15, 0.2) is 0 Å². The smallest absolute Gasteiger partial charge is 0.00369 e. The van der Waals surface area contributed by atoms with Crippen molar-refractivity contribution in [3.8, 4) is 0 Å². The van der Waals surface area contributed by atoms with Crippen LogP contribution < -0.4 is 11.1 Å². The van der Waals surface area contributed by atoms with Gasteiger partial charge in [0.1, 0.15) is 0 Å². The van der Waals surface area contributed by atoms with Crippen molar-refractivity contribution in [3.05, 3.63) is 0 Å². The minimum atomic E-state index is 0.267. The van der Waals surface area contributed by atoms with Crippen LogP contribution in [0.4, 0.5) is 0 Å². The van der Waals surface area contributed by atoms with Crippen LogP contribution in [0.25, 0.3) is 0 Å². The largest absolute Gasteiger partial charge is 0.330 e. The van der Waals surface area contributed by atoms with E-state index < -0.39 is 0 Å². The van der Waals surface area contributed by atoms with Crippen LogP contribution in [-0.4, -0.2) is 28.6 Å². The number of rotatable bonds is 7. The summed E-state index contributed by atoms with van der Waals surface area (Å²) in [4.78, 5) is 0. The highest BCUT2D eigenvalue weighted by atomic mass is 127. The van der Waals surface area contributed by atoms with Gasteiger partial charge in [-0.1, -0.05) is 4.51 Å². The highest BCUT2D eigenvalue weighted by Gasteiger charge is 1.84. The quantitative estimate of drug-likeness (QED) is 0.400. The first-order chi connectivity index (χ1) is 4.91. The molecule has 0 aliphatic rings. The molecule has 0 atom stereocenters. The fourth-order valence-electron chi connectivity index (χ4n) is 0.638. The molecule has 0 spiro atoms. The fourth-order valence-corrected chi connectivity index (χ4v) is 1.56. The molecule has 0 amide bonds. The van der Waals surface area contributed by atoms with Gasteiger partial charge in [-0.2, -0.15) is 0 Å². The topological polar surface area (TPSA) is 38.0 Å². The number of hydrogen-bond acceptors (Lipinski definition) is 2. The van der Waals surface area contributed by atoms with Gasteiger partial charge in [-0.05, 0) is 36.9 Å². The van der Waals surface area contributed by atoms with E-state index in [-0.39, 0.29) is 20.7 Å². The fraction of sp³-hybridized carbons (Fsp3) is 0.857. The third-order valence-electron chi connectivity index (χ3n) is 1.18. The molecule has 2 nitrogen and oxygen atoms in total. The van der Waals surface area contributed by atoms with Crippen molar-refractivity contribution in [2.75, 3.05) is 24.1 Å². The zero-order valence-electron chi connectivity index (χ0n) is 6.41. The summed E-state index contributed by atoms with van der Waals surface area (Å²) in [5.74, 6) is 0. The zero-order valence-corrected chi connectivity index (χ0v) is 8.56. The Morgan fingerprint density at radius 2 is 2.00 bits per heavy atom. The Morgan fingerprint density at radius 3 is 2.60 bits per heavy atom. The Morgan fingerprint density at radius 1 is 1.30 bits per heavy atom. The molecule has 10 heavy (non-hydrogen) atoms. The molecule has 0 aliphatic carbocycles. The van der Waals surface area contributed by atoms with Crippen LogP contribution in [0, 0.1) is 0 Å². The summed E-state index contributed by atoms with van der Waals surface area (Å²) >= 11 is 0.267. The molecule has 0 aromatic carbocycles. The van der Waals surface area contributed by atoms with Crippen molar-refractivity contribution >= 4 is 25.2 Å². The molecule has 0 saturated heterocycles. The molecule has 0 fully saturated rings. The molecule has 3 heteroatoms. The van der Waals surface area contributed by atoms with Crippen molar-refractivity contribution in [1.82, 2.24) is 5.32 Å². The first-order valence-electron chi connectivity index (χ1n) is 3.65. The van der Waals surface area contributed by atoms with E-state index in [0.29, 0.717) is 0 Å². The predicted octanol–water partition coefficient (Wildman–Crippen LogP) is 0.718. The molecule has 0 rings (SSSR count). The van der Waals surface area contributed by atoms with E-state index in [1.807, 2.05) is 0 Å². The monoisotopic (exact) mass is 256 g/mol. The summed E-state index contributed by atoms with van der Waals surface area (Å²) in [6.07, 6.45) is 2.39. The Kier molecular flexibility index (Phi) is 10.0. The normalized spacial score (nSPS) is 10.1. The van der Waals surface area contributed by atoms with E-state index in [1.165, 1.54) is 10.8 Å².